The first-order valence-electron chi connectivity index (χ1n) is 5.06. The molecule has 4 nitrogen and oxygen atoms in total. The SMILES string of the molecule is CC(=O)c1sc2c(C#N)c(C)cc(C)[n+]2c1O. The lowest BCUT2D eigenvalue weighted by Gasteiger charge is -1.96. The number of thiazole rings is 1. The van der Waals surface area contributed by atoms with Crippen LogP contribution in [0.4, 0.5) is 0 Å². The van der Waals surface area contributed by atoms with Crippen LogP contribution in [0, 0.1) is 25.2 Å². The summed E-state index contributed by atoms with van der Waals surface area (Å²) in [6.45, 7) is 5.08. The lowest BCUT2D eigenvalue weighted by molar-refractivity contribution is -0.526. The Balaban J connectivity index is 3.01. The third-order valence-electron chi connectivity index (χ3n) is 2.63. The standard InChI is InChI=1S/C12H10N2O2S/c1-6-4-7(2)14-11(16)10(8(3)15)17-12(14)9(6)5-13/h4H,1-3H3/p+1. The fourth-order valence-electron chi connectivity index (χ4n) is 1.86. The number of nitriles is 1. The minimum absolute atomic E-state index is 0.0773. The first kappa shape index (κ1) is 11.6. The van der Waals surface area contributed by atoms with Crippen LogP contribution >= 0.6 is 11.3 Å². The number of Topliss-reactive ketones (excluding diaryl/α,β-unsaturated/α-hetero) is 1. The number of hydrogen-bond acceptors (Lipinski definition) is 4. The van der Waals surface area contributed by atoms with Crippen molar-refractivity contribution in [3.63, 3.8) is 0 Å². The summed E-state index contributed by atoms with van der Waals surface area (Å²) in [5, 5.41) is 19.1. The maximum Gasteiger partial charge on any atom is 0.394 e. The van der Waals surface area contributed by atoms with Crippen LogP contribution < -0.4 is 4.40 Å². The van der Waals surface area contributed by atoms with Gasteiger partial charge in [0.25, 0.3) is 4.83 Å². The van der Waals surface area contributed by atoms with Crippen LogP contribution in [0.15, 0.2) is 6.07 Å². The molecule has 0 aliphatic carbocycles. The zero-order valence-electron chi connectivity index (χ0n) is 9.74. The molecule has 0 fully saturated rings. The van der Waals surface area contributed by atoms with Crippen LogP contribution in [-0.2, 0) is 0 Å². The van der Waals surface area contributed by atoms with Gasteiger partial charge in [0.2, 0.25) is 0 Å². The van der Waals surface area contributed by atoms with Gasteiger partial charge in [0.1, 0.15) is 11.6 Å². The van der Waals surface area contributed by atoms with E-state index in [1.165, 1.54) is 6.92 Å². The van der Waals surface area contributed by atoms with Crippen molar-refractivity contribution in [2.75, 3.05) is 0 Å². The molecule has 0 aromatic carbocycles. The van der Waals surface area contributed by atoms with Crippen molar-refractivity contribution in [1.82, 2.24) is 0 Å². The summed E-state index contributed by atoms with van der Waals surface area (Å²) in [7, 11) is 0. The van der Waals surface area contributed by atoms with Crippen LogP contribution in [0.3, 0.4) is 0 Å². The van der Waals surface area contributed by atoms with Gasteiger partial charge >= 0.3 is 5.88 Å². The minimum atomic E-state index is -0.197. The highest BCUT2D eigenvalue weighted by atomic mass is 32.1. The number of carbonyl (C=O) groups excluding carboxylic acids is 1. The van der Waals surface area contributed by atoms with Crippen LogP contribution in [0.1, 0.15) is 33.4 Å². The van der Waals surface area contributed by atoms with Crippen molar-refractivity contribution >= 4 is 22.0 Å². The molecule has 0 radical (unpaired) electrons. The van der Waals surface area contributed by atoms with Crippen molar-refractivity contribution in [1.29, 1.82) is 5.26 Å². The molecule has 0 atom stereocenters. The van der Waals surface area contributed by atoms with Crippen LogP contribution in [0.2, 0.25) is 0 Å². The number of carbonyl (C=O) groups is 1. The third-order valence-corrected chi connectivity index (χ3v) is 3.89. The number of aromatic hydroxyl groups is 1. The Bertz CT molecular complexity index is 680. The van der Waals surface area contributed by atoms with Crippen molar-refractivity contribution in [3.8, 4) is 11.9 Å². The van der Waals surface area contributed by atoms with Crippen LogP contribution in [0.5, 0.6) is 5.88 Å². The van der Waals surface area contributed by atoms with E-state index in [1.807, 2.05) is 19.9 Å². The van der Waals surface area contributed by atoms with E-state index in [0.29, 0.717) is 10.4 Å². The fraction of sp³-hybridized carbons (Fsp3) is 0.250. The molecule has 2 aromatic heterocycles. The van der Waals surface area contributed by atoms with Gasteiger partial charge in [0.15, 0.2) is 16.4 Å². The van der Waals surface area contributed by atoms with Crippen molar-refractivity contribution in [2.24, 2.45) is 0 Å². The lowest BCUT2D eigenvalue weighted by atomic mass is 10.1. The van der Waals surface area contributed by atoms with Crippen molar-refractivity contribution < 1.29 is 14.3 Å². The van der Waals surface area contributed by atoms with E-state index in [2.05, 4.69) is 6.07 Å². The summed E-state index contributed by atoms with van der Waals surface area (Å²) < 4.78 is 1.55. The Labute approximate surface area is 102 Å². The van der Waals surface area contributed by atoms with Crippen LogP contribution in [0.25, 0.3) is 4.83 Å². The van der Waals surface area contributed by atoms with E-state index in [-0.39, 0.29) is 16.5 Å². The number of pyridine rings is 1. The van der Waals surface area contributed by atoms with Gasteiger partial charge in [-0.25, -0.2) is 0 Å². The third kappa shape index (κ3) is 1.58. The van der Waals surface area contributed by atoms with Gasteiger partial charge in [-0.1, -0.05) is 11.3 Å². The number of hydrogen-bond donors (Lipinski definition) is 1. The Morgan fingerprint density at radius 3 is 2.71 bits per heavy atom. The molecule has 0 aliphatic rings. The highest BCUT2D eigenvalue weighted by molar-refractivity contribution is 7.19. The smallest absolute Gasteiger partial charge is 0.394 e. The van der Waals surface area contributed by atoms with Gasteiger partial charge in [-0.05, 0) is 12.5 Å². The molecule has 2 rings (SSSR count). The van der Waals surface area contributed by atoms with E-state index in [0.717, 1.165) is 22.6 Å². The topological polar surface area (TPSA) is 65.2 Å². The van der Waals surface area contributed by atoms with Gasteiger partial charge in [0.05, 0.1) is 0 Å². The highest BCUT2D eigenvalue weighted by Gasteiger charge is 2.28. The second kappa shape index (κ2) is 3.82. The van der Waals surface area contributed by atoms with Gasteiger partial charge in [-0.15, -0.1) is 4.40 Å². The predicted molar refractivity (Wildman–Crippen MR) is 63.3 cm³/mol. The summed E-state index contributed by atoms with van der Waals surface area (Å²) in [4.78, 5) is 12.3. The minimum Gasteiger partial charge on any atom is -0.458 e. The first-order valence-corrected chi connectivity index (χ1v) is 5.87. The maximum absolute atomic E-state index is 11.4. The molecule has 86 valence electrons. The summed E-state index contributed by atoms with van der Waals surface area (Å²) in [6, 6.07) is 3.93. The van der Waals surface area contributed by atoms with Crippen molar-refractivity contribution in [3.05, 3.63) is 27.8 Å². The van der Waals surface area contributed by atoms with Gasteiger partial charge < -0.3 is 5.11 Å². The second-order valence-corrected chi connectivity index (χ2v) is 4.91. The van der Waals surface area contributed by atoms with E-state index in [1.54, 1.807) is 4.40 Å². The van der Waals surface area contributed by atoms with E-state index in [9.17, 15) is 9.90 Å². The van der Waals surface area contributed by atoms with Gasteiger partial charge in [0, 0.05) is 19.9 Å². The molecule has 0 saturated heterocycles. The van der Waals surface area contributed by atoms with Gasteiger partial charge in [-0.2, -0.15) is 5.26 Å². The summed E-state index contributed by atoms with van der Waals surface area (Å²) >= 11 is 1.15. The molecule has 0 aliphatic heterocycles. The second-order valence-electron chi connectivity index (χ2n) is 3.91. The normalized spacial score (nSPS) is 10.5. The van der Waals surface area contributed by atoms with Crippen LogP contribution in [-0.4, -0.2) is 10.9 Å². The number of fused-ring (bicyclic) bond motifs is 1. The summed E-state index contributed by atoms with van der Waals surface area (Å²) in [6.07, 6.45) is 0. The largest absolute Gasteiger partial charge is 0.458 e. The fourth-order valence-corrected chi connectivity index (χ4v) is 3.01. The Morgan fingerprint density at radius 2 is 2.18 bits per heavy atom. The molecular weight excluding hydrogens is 236 g/mol. The Hall–Kier alpha value is -1.93. The molecule has 2 heterocycles. The average Bonchev–Trinajstić information content (AvgIpc) is 2.57. The molecule has 2 aromatic rings. The average molecular weight is 247 g/mol. The molecular formula is C12H11N2O2S+. The first-order chi connectivity index (χ1) is 7.97. The number of aryl methyl sites for hydroxylation is 2. The zero-order valence-corrected chi connectivity index (χ0v) is 10.6. The molecule has 0 amide bonds. The van der Waals surface area contributed by atoms with E-state index >= 15 is 0 Å². The highest BCUT2D eigenvalue weighted by Crippen LogP contribution is 2.27. The molecule has 5 heteroatoms. The molecule has 0 unspecified atom stereocenters. The maximum atomic E-state index is 11.4. The zero-order chi connectivity index (χ0) is 12.7. The number of rotatable bonds is 1. The Morgan fingerprint density at radius 1 is 1.53 bits per heavy atom. The monoisotopic (exact) mass is 247 g/mol. The quantitative estimate of drug-likeness (QED) is 0.618. The number of nitrogens with zero attached hydrogens (tertiary/aromatic N) is 2. The Kier molecular flexibility index (Phi) is 2.60. The molecule has 17 heavy (non-hydrogen) atoms. The summed E-state index contributed by atoms with van der Waals surface area (Å²) in [5.74, 6) is -0.274. The van der Waals surface area contributed by atoms with Crippen molar-refractivity contribution in [2.45, 2.75) is 20.8 Å². The molecule has 0 spiro atoms. The predicted octanol–water partition coefficient (Wildman–Crippen LogP) is 1.88. The number of aromatic nitrogens is 1. The van der Waals surface area contributed by atoms with Gasteiger partial charge in [-0.3, -0.25) is 4.79 Å². The van der Waals surface area contributed by atoms with E-state index in [4.69, 9.17) is 5.26 Å². The van der Waals surface area contributed by atoms with E-state index < -0.39 is 0 Å². The molecule has 0 saturated carbocycles. The molecule has 1 N–H and O–H groups in total. The molecule has 0 bridgehead atoms. The lowest BCUT2D eigenvalue weighted by Crippen LogP contribution is -2.24. The number of ketones is 1. The summed E-state index contributed by atoms with van der Waals surface area (Å²) in [5.41, 5.74) is 2.16.